The minimum atomic E-state index is -1.55. The van der Waals surface area contributed by atoms with Crippen molar-refractivity contribution in [3.63, 3.8) is 0 Å². The van der Waals surface area contributed by atoms with Crippen LogP contribution in [0.1, 0.15) is 0 Å². The first-order valence-electron chi connectivity index (χ1n) is 48.4. The number of aromatic nitrogens is 12. The Morgan fingerprint density at radius 1 is 0.149 bits per heavy atom. The molecule has 0 aliphatic carbocycles. The van der Waals surface area contributed by atoms with E-state index in [2.05, 4.69) is 202 Å². The molecule has 0 aliphatic heterocycles. The molecule has 20 nitrogen and oxygen atoms in total. The second-order valence-electron chi connectivity index (χ2n) is 35.9. The van der Waals surface area contributed by atoms with Crippen LogP contribution in [0.25, 0.3) is 223 Å². The summed E-state index contributed by atoms with van der Waals surface area (Å²) in [6.45, 7) is 0. The lowest BCUT2D eigenvalue weighted by Crippen LogP contribution is -2.29. The van der Waals surface area contributed by atoms with Crippen molar-refractivity contribution in [2.75, 3.05) is 0 Å². The highest BCUT2D eigenvalue weighted by atomic mass is 16.4. The molecule has 0 saturated carbocycles. The molecule has 0 spiro atoms. The standard InChI is InChI=1S/C35H25BN2O2.C34H24BN3O2.C28H20BN3O2.C27H19BN4O2/c39-36(40)28-17-20-31-30-13-7-8-14-34(30)38(35(31)23-28)29-18-15-24(16-19-29)27-21-32(25-9-3-1-4-10-25)37-33(22-27)26-11-5-2-6-12-26;39-35(40)26-17-20-29-28-13-7-8-14-32(28)38(33(29)21-26)27-18-15-24(16-19-27)31-22-30(23-9-3-1-4-10-23)36-34(37-31)25-11-5-2-6-12-25;33-29(34)21-11-12-24-23-7-1-2-10-27(23)32(28(24)18-21)22-16-19(25-8-3-5-13-30-25)15-20(17-22)26-9-4-6-14-31-26;33-28(34)18-11-12-21-20-7-1-2-10-26(20)32(27(21)15-18)19-16-24(22-8-3-5-13-29-22)31-25(17-19)23-9-4-6-14-30-23/h1-23,39-40H;1-22,39-40H;1-18,33-34H;1-17,33-34H. The van der Waals surface area contributed by atoms with Crippen LogP contribution in [0.4, 0.5) is 0 Å². The molecular formula is C124H88B4N12O8. The Hall–Kier alpha value is -18.6. The van der Waals surface area contributed by atoms with Crippen LogP contribution in [-0.4, -0.2) is 127 Å². The van der Waals surface area contributed by atoms with E-state index in [-0.39, 0.29) is 0 Å². The molecule has 704 valence electrons. The minimum absolute atomic E-state index is 0.431. The molecule has 11 heterocycles. The number of hydrogen-bond acceptors (Lipinski definition) is 16. The molecule has 148 heavy (non-hydrogen) atoms. The van der Waals surface area contributed by atoms with E-state index in [0.29, 0.717) is 27.7 Å². The highest BCUT2D eigenvalue weighted by Gasteiger charge is 2.26. The van der Waals surface area contributed by atoms with E-state index in [1.54, 1.807) is 49.1 Å². The maximum absolute atomic E-state index is 9.83. The number of rotatable bonds is 18. The largest absolute Gasteiger partial charge is 0.488 e. The molecule has 26 rings (SSSR count). The van der Waals surface area contributed by atoms with Crippen LogP contribution >= 0.6 is 0 Å². The summed E-state index contributed by atoms with van der Waals surface area (Å²) in [7, 11) is -6.16. The first kappa shape index (κ1) is 93.1. The van der Waals surface area contributed by atoms with Crippen molar-refractivity contribution < 1.29 is 40.2 Å². The molecule has 0 fully saturated rings. The molecule has 0 amide bonds. The predicted molar refractivity (Wildman–Crippen MR) is 599 cm³/mol. The number of pyridine rings is 6. The van der Waals surface area contributed by atoms with Crippen molar-refractivity contribution in [1.82, 2.24) is 58.1 Å². The van der Waals surface area contributed by atoms with Crippen molar-refractivity contribution in [3.05, 3.63) is 486 Å². The molecule has 15 aromatic carbocycles. The Labute approximate surface area is 851 Å². The van der Waals surface area contributed by atoms with Gasteiger partial charge in [0.1, 0.15) is 0 Å². The van der Waals surface area contributed by atoms with Gasteiger partial charge in [-0.3, -0.25) is 19.9 Å². The van der Waals surface area contributed by atoms with Crippen LogP contribution in [0, 0.1) is 0 Å². The molecule has 0 radical (unpaired) electrons. The molecule has 24 heteroatoms. The second-order valence-corrected chi connectivity index (χ2v) is 35.9. The monoisotopic (exact) mass is 1920 g/mol. The van der Waals surface area contributed by atoms with Crippen molar-refractivity contribution >= 4 is 138 Å². The van der Waals surface area contributed by atoms with Gasteiger partial charge in [-0.15, -0.1) is 0 Å². The van der Waals surface area contributed by atoms with Crippen LogP contribution < -0.4 is 21.9 Å². The minimum Gasteiger partial charge on any atom is -0.423 e. The van der Waals surface area contributed by atoms with Gasteiger partial charge in [0.15, 0.2) is 5.82 Å². The predicted octanol–water partition coefficient (Wildman–Crippen LogP) is 21.7. The maximum atomic E-state index is 9.83. The molecule has 0 atom stereocenters. The number of fused-ring (bicyclic) bond motifs is 12. The smallest absolute Gasteiger partial charge is 0.423 e. The van der Waals surface area contributed by atoms with Crippen LogP contribution in [0.15, 0.2) is 486 Å². The topological polar surface area (TPSA) is 285 Å². The zero-order chi connectivity index (χ0) is 100. The van der Waals surface area contributed by atoms with Gasteiger partial charge >= 0.3 is 28.5 Å². The third kappa shape index (κ3) is 18.8. The summed E-state index contributed by atoms with van der Waals surface area (Å²) in [6, 6.07) is 152. The molecule has 8 N–H and O–H groups in total. The highest BCUT2D eigenvalue weighted by Crippen LogP contribution is 2.42. The van der Waals surface area contributed by atoms with Crippen LogP contribution in [-0.2, 0) is 0 Å². The third-order valence-corrected chi connectivity index (χ3v) is 26.7. The van der Waals surface area contributed by atoms with Gasteiger partial charge in [0.05, 0.1) is 107 Å². The van der Waals surface area contributed by atoms with E-state index in [0.717, 1.165) is 217 Å². The first-order valence-corrected chi connectivity index (χ1v) is 48.4. The maximum Gasteiger partial charge on any atom is 0.488 e. The second kappa shape index (κ2) is 41.0. The molecule has 0 aliphatic rings. The summed E-state index contributed by atoms with van der Waals surface area (Å²) in [5.41, 5.74) is 30.9. The lowest BCUT2D eigenvalue weighted by atomic mass is 9.80. The van der Waals surface area contributed by atoms with Gasteiger partial charge in [0.25, 0.3) is 0 Å². The zero-order valence-electron chi connectivity index (χ0n) is 79.4. The van der Waals surface area contributed by atoms with Gasteiger partial charge in [0.2, 0.25) is 0 Å². The molecular weight excluding hydrogens is 1830 g/mol. The molecule has 0 unspecified atom stereocenters. The quantitative estimate of drug-likeness (QED) is 0.0371. The Bertz CT molecular complexity index is 8580. The number of benzene rings is 15. The lowest BCUT2D eigenvalue weighted by Gasteiger charge is -2.13. The first-order chi connectivity index (χ1) is 72.7. The van der Waals surface area contributed by atoms with E-state index in [4.69, 9.17) is 19.9 Å². The van der Waals surface area contributed by atoms with Gasteiger partial charge in [0, 0.05) is 124 Å². The van der Waals surface area contributed by atoms with Crippen molar-refractivity contribution in [1.29, 1.82) is 0 Å². The average Bonchev–Trinajstić information content (AvgIpc) is 1.61. The lowest BCUT2D eigenvalue weighted by molar-refractivity contribution is 0.424. The molecule has 0 bridgehead atoms. The SMILES string of the molecule is OB(O)c1ccc2c3ccccc3n(-c3cc(-c4ccccn4)cc(-c4ccccn4)c3)c2c1.OB(O)c1ccc2c3ccccc3n(-c3cc(-c4ccccn4)nc(-c4ccccn4)c3)c2c1.OB(O)c1ccc2c3ccccc3n(-c3ccc(-c4cc(-c5ccccc5)nc(-c5ccccc5)c4)cc3)c2c1.OB(O)c1ccc2c3ccccc3n(-c3ccc(-c4cc(-c5ccccc5)nc(-c5ccccc5)n4)cc3)c2c1. The summed E-state index contributed by atoms with van der Waals surface area (Å²) < 4.78 is 8.62. The third-order valence-electron chi connectivity index (χ3n) is 26.7. The van der Waals surface area contributed by atoms with E-state index in [1.165, 1.54) is 0 Å². The van der Waals surface area contributed by atoms with Crippen LogP contribution in [0.5, 0.6) is 0 Å². The Morgan fingerprint density at radius 3 is 0.736 bits per heavy atom. The summed E-state index contributed by atoms with van der Waals surface area (Å²) in [5, 5.41) is 87.2. The summed E-state index contributed by atoms with van der Waals surface area (Å²) in [6.07, 6.45) is 7.08. The van der Waals surface area contributed by atoms with Gasteiger partial charge < -0.3 is 58.5 Å². The van der Waals surface area contributed by atoms with Gasteiger partial charge in [-0.2, -0.15) is 0 Å². The van der Waals surface area contributed by atoms with E-state index in [9.17, 15) is 40.2 Å². The zero-order valence-corrected chi connectivity index (χ0v) is 79.4. The van der Waals surface area contributed by atoms with Crippen molar-refractivity contribution in [2.45, 2.75) is 0 Å². The summed E-state index contributed by atoms with van der Waals surface area (Å²) in [5.74, 6) is 0.679. The van der Waals surface area contributed by atoms with Gasteiger partial charge in [-0.1, -0.05) is 291 Å². The molecule has 26 aromatic rings. The normalized spacial score (nSPS) is 11.2. The summed E-state index contributed by atoms with van der Waals surface area (Å²) in [4.78, 5) is 37.9. The number of para-hydroxylation sites is 4. The fraction of sp³-hybridized carbons (Fsp3) is 0. The summed E-state index contributed by atoms with van der Waals surface area (Å²) >= 11 is 0. The van der Waals surface area contributed by atoms with E-state index < -0.39 is 28.5 Å². The Morgan fingerprint density at radius 2 is 0.412 bits per heavy atom. The Kier molecular flexibility index (Phi) is 25.8. The fourth-order valence-corrected chi connectivity index (χ4v) is 19.6. The van der Waals surface area contributed by atoms with E-state index in [1.807, 2.05) is 273 Å². The molecule has 11 aromatic heterocycles. The van der Waals surface area contributed by atoms with Crippen molar-refractivity contribution in [2.24, 2.45) is 0 Å². The number of hydrogen-bond donors (Lipinski definition) is 8. The fourth-order valence-electron chi connectivity index (χ4n) is 19.6. The number of nitrogens with zero attached hydrogens (tertiary/aromatic N) is 12. The molecule has 0 saturated heterocycles. The van der Waals surface area contributed by atoms with Gasteiger partial charge in [-0.25, -0.2) is 19.9 Å². The Balaban J connectivity index is 0.000000109. The average molecular weight is 1920 g/mol. The van der Waals surface area contributed by atoms with Crippen molar-refractivity contribution in [3.8, 4) is 136 Å². The van der Waals surface area contributed by atoms with Crippen LogP contribution in [0.2, 0.25) is 0 Å². The highest BCUT2D eigenvalue weighted by molar-refractivity contribution is 6.60. The van der Waals surface area contributed by atoms with Gasteiger partial charge in [-0.05, 0) is 203 Å². The van der Waals surface area contributed by atoms with Crippen LogP contribution in [0.3, 0.4) is 0 Å². The van der Waals surface area contributed by atoms with E-state index >= 15 is 0 Å².